The Morgan fingerprint density at radius 3 is 2.57 bits per heavy atom. The predicted octanol–water partition coefficient (Wildman–Crippen LogP) is 3.38. The van der Waals surface area contributed by atoms with E-state index in [1.54, 1.807) is 0 Å². The Kier molecular flexibility index (Phi) is 3.78. The van der Waals surface area contributed by atoms with Gasteiger partial charge in [-0.1, -0.05) is 32.9 Å². The van der Waals surface area contributed by atoms with Gasteiger partial charge in [-0.25, -0.2) is 0 Å². The number of amides is 1. The minimum absolute atomic E-state index is 0.122. The van der Waals surface area contributed by atoms with Crippen LogP contribution in [0.25, 0.3) is 0 Å². The molecule has 0 unspecified atom stereocenters. The molecule has 1 aliphatic heterocycles. The Morgan fingerprint density at radius 1 is 1.19 bits per heavy atom. The van der Waals surface area contributed by atoms with Crippen molar-refractivity contribution in [1.82, 2.24) is 4.90 Å². The lowest BCUT2D eigenvalue weighted by molar-refractivity contribution is -0.0445. The first-order valence-electron chi connectivity index (χ1n) is 8.00. The molecule has 1 aliphatic carbocycles. The molecule has 2 atom stereocenters. The molecule has 0 N–H and O–H groups in total. The zero-order valence-corrected chi connectivity index (χ0v) is 13.3. The predicted molar refractivity (Wildman–Crippen MR) is 83.6 cm³/mol. The van der Waals surface area contributed by atoms with Crippen LogP contribution in [-0.2, 0) is 10.2 Å². The van der Waals surface area contributed by atoms with E-state index < -0.39 is 0 Å². The van der Waals surface area contributed by atoms with E-state index in [9.17, 15) is 4.79 Å². The Balaban J connectivity index is 1.78. The number of fused-ring (bicyclic) bond motifs is 1. The van der Waals surface area contributed by atoms with Crippen LogP contribution < -0.4 is 0 Å². The van der Waals surface area contributed by atoms with Crippen molar-refractivity contribution in [3.63, 3.8) is 0 Å². The first-order chi connectivity index (χ1) is 9.97. The van der Waals surface area contributed by atoms with Gasteiger partial charge in [-0.15, -0.1) is 0 Å². The summed E-state index contributed by atoms with van der Waals surface area (Å²) in [6, 6.07) is 8.40. The molecule has 0 bridgehead atoms. The van der Waals surface area contributed by atoms with Gasteiger partial charge in [0, 0.05) is 12.1 Å². The Morgan fingerprint density at radius 2 is 1.90 bits per heavy atom. The summed E-state index contributed by atoms with van der Waals surface area (Å²) >= 11 is 0. The molecule has 2 aliphatic rings. The van der Waals surface area contributed by atoms with Crippen LogP contribution in [-0.4, -0.2) is 36.1 Å². The van der Waals surface area contributed by atoms with Gasteiger partial charge in [0.05, 0.1) is 18.8 Å². The van der Waals surface area contributed by atoms with E-state index in [0.29, 0.717) is 6.61 Å². The standard InChI is InChI=1S/C18H25NO2/c1-18(2,3)14-9-7-13(8-10-14)17(20)19-11-12-21-16-6-4-5-15(16)19/h7-10,15-16H,4-6,11-12H2,1-3H3/t15-,16+/m0/s1. The molecule has 0 spiro atoms. The van der Waals surface area contributed by atoms with E-state index in [2.05, 4.69) is 32.9 Å². The van der Waals surface area contributed by atoms with Crippen LogP contribution in [0, 0.1) is 0 Å². The lowest BCUT2D eigenvalue weighted by atomic mass is 9.86. The number of nitrogens with zero attached hydrogens (tertiary/aromatic N) is 1. The van der Waals surface area contributed by atoms with Crippen molar-refractivity contribution in [2.24, 2.45) is 0 Å². The maximum atomic E-state index is 12.8. The van der Waals surface area contributed by atoms with Crippen LogP contribution in [0.2, 0.25) is 0 Å². The molecule has 3 nitrogen and oxygen atoms in total. The number of hydrogen-bond acceptors (Lipinski definition) is 2. The van der Waals surface area contributed by atoms with E-state index in [0.717, 1.165) is 24.9 Å². The summed E-state index contributed by atoms with van der Waals surface area (Å²) in [4.78, 5) is 14.8. The summed E-state index contributed by atoms with van der Waals surface area (Å²) in [5.74, 6) is 0.163. The van der Waals surface area contributed by atoms with Crippen molar-refractivity contribution in [3.05, 3.63) is 35.4 Å². The van der Waals surface area contributed by atoms with Gasteiger partial charge in [-0.2, -0.15) is 0 Å². The molecule has 1 saturated heterocycles. The van der Waals surface area contributed by atoms with Gasteiger partial charge in [0.25, 0.3) is 5.91 Å². The van der Waals surface area contributed by atoms with Gasteiger partial charge in [-0.05, 0) is 42.4 Å². The number of carbonyl (C=O) groups is 1. The fraction of sp³-hybridized carbons (Fsp3) is 0.611. The van der Waals surface area contributed by atoms with Gasteiger partial charge < -0.3 is 9.64 Å². The summed E-state index contributed by atoms with van der Waals surface area (Å²) in [5.41, 5.74) is 2.19. The van der Waals surface area contributed by atoms with Crippen molar-refractivity contribution in [2.45, 2.75) is 57.6 Å². The normalized spacial score (nSPS) is 25.8. The zero-order chi connectivity index (χ0) is 15.0. The quantitative estimate of drug-likeness (QED) is 0.792. The maximum Gasteiger partial charge on any atom is 0.254 e. The molecule has 1 saturated carbocycles. The zero-order valence-electron chi connectivity index (χ0n) is 13.3. The largest absolute Gasteiger partial charge is 0.374 e. The highest BCUT2D eigenvalue weighted by atomic mass is 16.5. The van der Waals surface area contributed by atoms with Crippen molar-refractivity contribution in [2.75, 3.05) is 13.2 Å². The summed E-state index contributed by atoms with van der Waals surface area (Å²) < 4.78 is 5.79. The van der Waals surface area contributed by atoms with Gasteiger partial charge in [0.2, 0.25) is 0 Å². The molecule has 3 rings (SSSR count). The molecular formula is C18H25NO2. The molecule has 0 radical (unpaired) electrons. The SMILES string of the molecule is CC(C)(C)c1ccc(C(=O)N2CCO[C@@H]3CCC[C@@H]32)cc1. The second kappa shape index (κ2) is 5.45. The third-order valence-corrected chi connectivity index (χ3v) is 4.74. The lowest BCUT2D eigenvalue weighted by Gasteiger charge is -2.37. The molecule has 1 heterocycles. The van der Waals surface area contributed by atoms with Gasteiger partial charge >= 0.3 is 0 Å². The number of ether oxygens (including phenoxy) is 1. The highest BCUT2D eigenvalue weighted by molar-refractivity contribution is 5.94. The van der Waals surface area contributed by atoms with Gasteiger partial charge in [-0.3, -0.25) is 4.79 Å². The van der Waals surface area contributed by atoms with Crippen LogP contribution in [0.4, 0.5) is 0 Å². The number of hydrogen-bond donors (Lipinski definition) is 0. The van der Waals surface area contributed by atoms with Crippen LogP contribution in [0.1, 0.15) is 56.0 Å². The topological polar surface area (TPSA) is 29.5 Å². The molecule has 1 amide bonds. The van der Waals surface area contributed by atoms with Gasteiger partial charge in [0.15, 0.2) is 0 Å². The minimum Gasteiger partial charge on any atom is -0.374 e. The third-order valence-electron chi connectivity index (χ3n) is 4.74. The van der Waals surface area contributed by atoms with Crippen LogP contribution in [0.5, 0.6) is 0 Å². The highest BCUT2D eigenvalue weighted by Crippen LogP contribution is 2.31. The first-order valence-corrected chi connectivity index (χ1v) is 8.00. The smallest absolute Gasteiger partial charge is 0.254 e. The highest BCUT2D eigenvalue weighted by Gasteiger charge is 2.38. The Bertz CT molecular complexity index is 515. The molecule has 114 valence electrons. The summed E-state index contributed by atoms with van der Waals surface area (Å²) in [5, 5.41) is 0. The molecule has 1 aromatic rings. The molecule has 2 fully saturated rings. The van der Waals surface area contributed by atoms with Crippen molar-refractivity contribution in [3.8, 4) is 0 Å². The number of morpholine rings is 1. The number of rotatable bonds is 1. The molecular weight excluding hydrogens is 262 g/mol. The maximum absolute atomic E-state index is 12.8. The minimum atomic E-state index is 0.122. The van der Waals surface area contributed by atoms with Crippen molar-refractivity contribution in [1.29, 1.82) is 0 Å². The summed E-state index contributed by atoms with van der Waals surface area (Å²) in [6.45, 7) is 7.97. The lowest BCUT2D eigenvalue weighted by Crippen LogP contribution is -2.51. The number of carbonyl (C=O) groups excluding carboxylic acids is 1. The molecule has 1 aromatic carbocycles. The van der Waals surface area contributed by atoms with Crippen LogP contribution in [0.15, 0.2) is 24.3 Å². The Labute approximate surface area is 127 Å². The van der Waals surface area contributed by atoms with E-state index in [4.69, 9.17) is 4.74 Å². The second-order valence-electron chi connectivity index (χ2n) is 7.23. The Hall–Kier alpha value is -1.35. The van der Waals surface area contributed by atoms with E-state index in [1.165, 1.54) is 12.0 Å². The summed E-state index contributed by atoms with van der Waals surface area (Å²) in [6.07, 6.45) is 3.60. The molecule has 0 aromatic heterocycles. The van der Waals surface area contributed by atoms with Crippen molar-refractivity contribution < 1.29 is 9.53 Å². The average molecular weight is 287 g/mol. The average Bonchev–Trinajstić information content (AvgIpc) is 2.94. The summed E-state index contributed by atoms with van der Waals surface area (Å²) in [7, 11) is 0. The fourth-order valence-electron chi connectivity index (χ4n) is 3.46. The van der Waals surface area contributed by atoms with Crippen molar-refractivity contribution >= 4 is 5.91 Å². The van der Waals surface area contributed by atoms with E-state index >= 15 is 0 Å². The second-order valence-corrected chi connectivity index (χ2v) is 7.23. The van der Waals surface area contributed by atoms with E-state index in [-0.39, 0.29) is 23.5 Å². The molecule has 21 heavy (non-hydrogen) atoms. The van der Waals surface area contributed by atoms with Crippen LogP contribution >= 0.6 is 0 Å². The van der Waals surface area contributed by atoms with E-state index in [1.807, 2.05) is 17.0 Å². The van der Waals surface area contributed by atoms with Crippen LogP contribution in [0.3, 0.4) is 0 Å². The monoisotopic (exact) mass is 287 g/mol. The molecule has 3 heteroatoms. The van der Waals surface area contributed by atoms with Gasteiger partial charge in [0.1, 0.15) is 0 Å². The first kappa shape index (κ1) is 14.6. The fourth-order valence-corrected chi connectivity index (χ4v) is 3.46. The number of benzene rings is 1. The third kappa shape index (κ3) is 2.84.